The Morgan fingerprint density at radius 1 is 1.40 bits per heavy atom. The van der Waals surface area contributed by atoms with Crippen LogP contribution in [0.4, 0.5) is 13.2 Å². The Morgan fingerprint density at radius 3 is 2.88 bits per heavy atom. The summed E-state index contributed by atoms with van der Waals surface area (Å²) in [4.78, 5) is 20.4. The maximum atomic E-state index is 13.0. The van der Waals surface area contributed by atoms with Crippen LogP contribution < -0.4 is 5.32 Å². The van der Waals surface area contributed by atoms with Crippen LogP contribution in [-0.4, -0.2) is 70.7 Å². The van der Waals surface area contributed by atoms with Crippen molar-refractivity contribution in [1.29, 1.82) is 0 Å². The van der Waals surface area contributed by atoms with Gasteiger partial charge in [-0.3, -0.25) is 9.69 Å². The van der Waals surface area contributed by atoms with Crippen LogP contribution in [0.15, 0.2) is 12.4 Å². The smallest absolute Gasteiger partial charge is 0.341 e. The lowest BCUT2D eigenvalue weighted by molar-refractivity contribution is -0.188. The third-order valence-corrected chi connectivity index (χ3v) is 5.09. The first-order chi connectivity index (χ1) is 11.9. The van der Waals surface area contributed by atoms with Crippen molar-refractivity contribution in [2.45, 2.75) is 25.1 Å². The summed E-state index contributed by atoms with van der Waals surface area (Å²) in [6.07, 6.45) is -0.161. The van der Waals surface area contributed by atoms with Crippen LogP contribution >= 0.6 is 0 Å². The molecule has 1 N–H and O–H groups in total. The number of likely N-dealkylation sites (tertiary alicyclic amines) is 1. The first-order valence-electron chi connectivity index (χ1n) is 8.62. The number of nitrogens with zero attached hydrogens (tertiary/aromatic N) is 4. The number of aromatic nitrogens is 2. The normalized spacial score (nSPS) is 26.0. The average molecular weight is 359 g/mol. The van der Waals surface area contributed by atoms with Crippen molar-refractivity contribution in [2.24, 2.45) is 13.0 Å². The van der Waals surface area contributed by atoms with E-state index in [4.69, 9.17) is 0 Å². The van der Waals surface area contributed by atoms with E-state index in [-0.39, 0.29) is 31.5 Å². The van der Waals surface area contributed by atoms with Gasteiger partial charge in [-0.25, -0.2) is 4.98 Å². The number of nitrogens with one attached hydrogen (secondary N) is 1. The Kier molecular flexibility index (Phi) is 5.33. The summed E-state index contributed by atoms with van der Waals surface area (Å²) in [5, 5.41) is 3.29. The highest BCUT2D eigenvalue weighted by molar-refractivity contribution is 5.78. The zero-order valence-corrected chi connectivity index (χ0v) is 14.3. The van der Waals surface area contributed by atoms with E-state index in [1.54, 1.807) is 6.20 Å². The molecule has 0 radical (unpaired) electrons. The van der Waals surface area contributed by atoms with Gasteiger partial charge in [0.2, 0.25) is 5.91 Å². The minimum atomic E-state index is -4.23. The van der Waals surface area contributed by atoms with E-state index in [0.717, 1.165) is 12.4 Å². The van der Waals surface area contributed by atoms with Crippen LogP contribution in [0.25, 0.3) is 0 Å². The molecule has 2 saturated heterocycles. The summed E-state index contributed by atoms with van der Waals surface area (Å²) in [6, 6.07) is -0.0547. The summed E-state index contributed by atoms with van der Waals surface area (Å²) in [5.41, 5.74) is 0. The number of hydrogen-bond acceptors (Lipinski definition) is 4. The van der Waals surface area contributed by atoms with Gasteiger partial charge in [0.25, 0.3) is 0 Å². The topological polar surface area (TPSA) is 53.4 Å². The molecule has 6 nitrogen and oxygen atoms in total. The number of aryl methyl sites for hydroxylation is 1. The third-order valence-electron chi connectivity index (χ3n) is 5.09. The number of alkyl halides is 3. The second-order valence-corrected chi connectivity index (χ2v) is 6.81. The van der Waals surface area contributed by atoms with Crippen molar-refractivity contribution < 1.29 is 18.0 Å². The molecule has 1 amide bonds. The van der Waals surface area contributed by atoms with Crippen molar-refractivity contribution in [3.05, 3.63) is 18.2 Å². The molecule has 2 aliphatic rings. The molecule has 2 aliphatic heterocycles. The maximum Gasteiger partial charge on any atom is 0.393 e. The number of amides is 1. The summed E-state index contributed by atoms with van der Waals surface area (Å²) in [7, 11) is 1.90. The quantitative estimate of drug-likeness (QED) is 0.880. The van der Waals surface area contributed by atoms with Crippen molar-refractivity contribution in [2.75, 3.05) is 39.3 Å². The molecule has 2 atom stereocenters. The van der Waals surface area contributed by atoms with Gasteiger partial charge < -0.3 is 14.8 Å². The lowest BCUT2D eigenvalue weighted by atomic mass is 9.97. The van der Waals surface area contributed by atoms with E-state index >= 15 is 0 Å². The molecular weight excluding hydrogens is 335 g/mol. The first kappa shape index (κ1) is 18.2. The minimum absolute atomic E-state index is 0.0547. The van der Waals surface area contributed by atoms with Crippen LogP contribution in [-0.2, 0) is 11.8 Å². The van der Waals surface area contributed by atoms with Crippen LogP contribution in [0, 0.1) is 5.92 Å². The zero-order valence-electron chi connectivity index (χ0n) is 14.3. The Hall–Kier alpha value is -1.61. The van der Waals surface area contributed by atoms with Gasteiger partial charge in [0.05, 0.1) is 18.5 Å². The molecule has 0 saturated carbocycles. The lowest BCUT2D eigenvalue weighted by Gasteiger charge is -2.38. The minimum Gasteiger partial charge on any atom is -0.341 e. The monoisotopic (exact) mass is 359 g/mol. The molecule has 2 unspecified atom stereocenters. The Bertz CT molecular complexity index is 603. The predicted molar refractivity (Wildman–Crippen MR) is 85.8 cm³/mol. The van der Waals surface area contributed by atoms with Gasteiger partial charge in [-0.2, -0.15) is 13.2 Å². The number of carbonyl (C=O) groups is 1. The maximum absolute atomic E-state index is 13.0. The van der Waals surface area contributed by atoms with E-state index in [0.29, 0.717) is 26.1 Å². The highest BCUT2D eigenvalue weighted by Crippen LogP contribution is 2.33. The standard InChI is InChI=1S/C16H24F3N5O/c1-22-7-5-21-15(22)13-9-20-4-8-23(13)11-14(25)24-6-2-3-12(10-24)16(17,18)19/h5,7,12-13,20H,2-4,6,8-11H2,1H3. The molecule has 3 heterocycles. The largest absolute Gasteiger partial charge is 0.393 e. The number of carbonyl (C=O) groups excluding carboxylic acids is 1. The van der Waals surface area contributed by atoms with Crippen LogP contribution in [0.1, 0.15) is 24.7 Å². The number of piperidine rings is 1. The number of imidazole rings is 1. The molecule has 9 heteroatoms. The molecule has 3 rings (SSSR count). The SMILES string of the molecule is Cn1ccnc1C1CNCCN1CC(=O)N1CCCC(C(F)(F)F)C1. The van der Waals surface area contributed by atoms with Crippen LogP contribution in [0.2, 0.25) is 0 Å². The van der Waals surface area contributed by atoms with Gasteiger partial charge in [0.1, 0.15) is 5.82 Å². The fourth-order valence-corrected chi connectivity index (χ4v) is 3.63. The molecule has 0 aromatic carbocycles. The van der Waals surface area contributed by atoms with Crippen LogP contribution in [0.3, 0.4) is 0 Å². The van der Waals surface area contributed by atoms with E-state index in [1.807, 2.05) is 22.7 Å². The summed E-state index contributed by atoms with van der Waals surface area (Å²) < 4.78 is 40.8. The van der Waals surface area contributed by atoms with Gasteiger partial charge in [-0.05, 0) is 12.8 Å². The summed E-state index contributed by atoms with van der Waals surface area (Å²) >= 11 is 0. The number of rotatable bonds is 3. The highest BCUT2D eigenvalue weighted by Gasteiger charge is 2.43. The van der Waals surface area contributed by atoms with E-state index < -0.39 is 12.1 Å². The molecule has 0 spiro atoms. The van der Waals surface area contributed by atoms with Gasteiger partial charge in [-0.1, -0.05) is 0 Å². The average Bonchev–Trinajstić information content (AvgIpc) is 3.00. The van der Waals surface area contributed by atoms with Gasteiger partial charge in [-0.15, -0.1) is 0 Å². The molecule has 140 valence electrons. The molecular formula is C16H24F3N5O. The molecule has 0 aliphatic carbocycles. The van der Waals surface area contributed by atoms with E-state index in [2.05, 4.69) is 10.3 Å². The number of piperazine rings is 1. The molecule has 25 heavy (non-hydrogen) atoms. The van der Waals surface area contributed by atoms with Gasteiger partial charge in [0, 0.05) is 52.2 Å². The molecule has 2 fully saturated rings. The van der Waals surface area contributed by atoms with Gasteiger partial charge >= 0.3 is 6.18 Å². The summed E-state index contributed by atoms with van der Waals surface area (Å²) in [5.74, 6) is -0.777. The van der Waals surface area contributed by atoms with Crippen LogP contribution in [0.5, 0.6) is 0 Å². The van der Waals surface area contributed by atoms with Crippen molar-refractivity contribution in [1.82, 2.24) is 24.7 Å². The Morgan fingerprint density at radius 2 is 2.20 bits per heavy atom. The molecule has 1 aromatic heterocycles. The number of halogens is 3. The zero-order chi connectivity index (χ0) is 18.0. The third kappa shape index (κ3) is 4.14. The highest BCUT2D eigenvalue weighted by atomic mass is 19.4. The Labute approximate surface area is 145 Å². The van der Waals surface area contributed by atoms with E-state index in [9.17, 15) is 18.0 Å². The first-order valence-corrected chi connectivity index (χ1v) is 8.62. The molecule has 1 aromatic rings. The second-order valence-electron chi connectivity index (χ2n) is 6.81. The molecule has 0 bridgehead atoms. The lowest BCUT2D eigenvalue weighted by Crippen LogP contribution is -2.52. The van der Waals surface area contributed by atoms with Crippen molar-refractivity contribution in [3.63, 3.8) is 0 Å². The van der Waals surface area contributed by atoms with Gasteiger partial charge in [0.15, 0.2) is 0 Å². The Balaban J connectivity index is 1.65. The number of hydrogen-bond donors (Lipinski definition) is 1. The van der Waals surface area contributed by atoms with E-state index in [1.165, 1.54) is 4.90 Å². The van der Waals surface area contributed by atoms with Crippen molar-refractivity contribution in [3.8, 4) is 0 Å². The predicted octanol–water partition coefficient (Wildman–Crippen LogP) is 1.17. The fraction of sp³-hybridized carbons (Fsp3) is 0.750. The second kappa shape index (κ2) is 7.33. The summed E-state index contributed by atoms with van der Waals surface area (Å²) in [6.45, 7) is 2.40. The fourth-order valence-electron chi connectivity index (χ4n) is 3.63. The van der Waals surface area contributed by atoms with Crippen molar-refractivity contribution >= 4 is 5.91 Å².